The molecule has 206 valence electrons. The van der Waals surface area contributed by atoms with Crippen molar-refractivity contribution < 1.29 is 23.5 Å². The number of carbonyl (C=O) groups excluding carboxylic acids is 2. The maximum Gasteiger partial charge on any atom is 0.311 e. The Morgan fingerprint density at radius 1 is 0.714 bits per heavy atom. The number of quaternary nitrogens is 1. The van der Waals surface area contributed by atoms with E-state index in [-0.39, 0.29) is 33.6 Å². The predicted octanol–water partition coefficient (Wildman–Crippen LogP) is 7.23. The quantitative estimate of drug-likeness (QED) is 0.121. The Bertz CT molecular complexity index is 645. The van der Waals surface area contributed by atoms with Crippen LogP contribution in [0.25, 0.3) is 0 Å². The fraction of sp³-hybridized carbons (Fsp3) is 0.900. The summed E-state index contributed by atoms with van der Waals surface area (Å²) in [5.74, 6) is -0.313. The fourth-order valence-corrected chi connectivity index (χ4v) is 5.21. The van der Waals surface area contributed by atoms with Crippen molar-refractivity contribution in [3.8, 4) is 0 Å². The van der Waals surface area contributed by atoms with Gasteiger partial charge in [-0.3, -0.25) is 9.59 Å². The number of esters is 2. The van der Waals surface area contributed by atoms with E-state index in [1.807, 2.05) is 0 Å². The van der Waals surface area contributed by atoms with Gasteiger partial charge in [-0.05, 0) is 34.5 Å². The van der Waals surface area contributed by atoms with Gasteiger partial charge in [-0.2, -0.15) is 0 Å². The molecule has 0 rings (SSSR count). The van der Waals surface area contributed by atoms with Crippen LogP contribution in [0, 0.1) is 28.6 Å². The van der Waals surface area contributed by atoms with Gasteiger partial charge in [0.25, 0.3) is 0 Å². The van der Waals surface area contributed by atoms with Crippen molar-refractivity contribution in [1.82, 2.24) is 0 Å². The Labute approximate surface area is 218 Å². The summed E-state index contributed by atoms with van der Waals surface area (Å²) in [7, 11) is 2.12. The van der Waals surface area contributed by atoms with E-state index in [0.717, 1.165) is 38.6 Å². The number of nitrogens with zero attached hydrogens (tertiary/aromatic N) is 1. The summed E-state index contributed by atoms with van der Waals surface area (Å²) in [6.07, 6.45) is 5.60. The molecule has 0 aromatic carbocycles. The lowest BCUT2D eigenvalue weighted by Gasteiger charge is -2.35. The van der Waals surface area contributed by atoms with Crippen LogP contribution in [0.15, 0.2) is 0 Å². The molecule has 35 heavy (non-hydrogen) atoms. The van der Waals surface area contributed by atoms with Gasteiger partial charge in [0.2, 0.25) is 0 Å². The minimum Gasteiger partial charge on any atom is -0.465 e. The first-order valence-corrected chi connectivity index (χ1v) is 13.7. The molecule has 1 atom stereocenters. The van der Waals surface area contributed by atoms with Crippen molar-refractivity contribution in [1.29, 1.82) is 0 Å². The van der Waals surface area contributed by atoms with E-state index in [0.29, 0.717) is 43.6 Å². The molecule has 5 heteroatoms. The molecule has 1 unspecified atom stereocenters. The minimum absolute atomic E-state index is 0.0499. The van der Waals surface area contributed by atoms with Crippen LogP contribution in [0.4, 0.5) is 0 Å². The summed E-state index contributed by atoms with van der Waals surface area (Å²) in [5, 5.41) is 0. The fourth-order valence-electron chi connectivity index (χ4n) is 5.21. The van der Waals surface area contributed by atoms with E-state index in [4.69, 9.17) is 9.47 Å². The minimum atomic E-state index is -0.158. The lowest BCUT2D eigenvalue weighted by atomic mass is 9.74. The normalized spacial score (nSPS) is 14.9. The van der Waals surface area contributed by atoms with Crippen LogP contribution >= 0.6 is 0 Å². The van der Waals surface area contributed by atoms with Crippen molar-refractivity contribution in [2.24, 2.45) is 21.7 Å². The molecule has 0 aliphatic heterocycles. The zero-order chi connectivity index (χ0) is 27.6. The van der Waals surface area contributed by atoms with E-state index >= 15 is 0 Å². The lowest BCUT2D eigenvalue weighted by molar-refractivity contribution is -0.908. The number of hydrogen-bond acceptors (Lipinski definition) is 4. The van der Waals surface area contributed by atoms with Gasteiger partial charge in [-0.1, -0.05) is 75.7 Å². The standard InChI is InChI=1S/C30H59NO4/c1-13-15-18-31(12,19-16-25(32)34-23-29(8,9)21-27(3,4)5)20-17-26(33)35-24-30(10,11)22-28(6,7)14-2/h1,13-24H2,2-12H3/q+2. The van der Waals surface area contributed by atoms with Crippen LogP contribution in [0.3, 0.4) is 0 Å². The van der Waals surface area contributed by atoms with Gasteiger partial charge in [-0.25, -0.2) is 0 Å². The summed E-state index contributed by atoms with van der Waals surface area (Å²) in [6, 6.07) is 0. The molecule has 0 saturated heterocycles. The third kappa shape index (κ3) is 17.0. The number of rotatable bonds is 17. The molecule has 0 amide bonds. The first-order valence-electron chi connectivity index (χ1n) is 13.7. The molecule has 0 aliphatic carbocycles. The van der Waals surface area contributed by atoms with E-state index < -0.39 is 0 Å². The highest BCUT2D eigenvalue weighted by Crippen LogP contribution is 2.36. The van der Waals surface area contributed by atoms with E-state index in [1.165, 1.54) is 0 Å². The average molecular weight is 498 g/mol. The average Bonchev–Trinajstić information content (AvgIpc) is 2.70. The zero-order valence-electron chi connectivity index (χ0n) is 25.3. The molecule has 0 fully saturated rings. The Morgan fingerprint density at radius 2 is 1.14 bits per heavy atom. The summed E-state index contributed by atoms with van der Waals surface area (Å²) in [5.41, 5.74) is 0.321. The predicted molar refractivity (Wildman–Crippen MR) is 147 cm³/mol. The molecule has 0 aromatic rings. The van der Waals surface area contributed by atoms with Crippen LogP contribution in [-0.2, 0) is 19.1 Å². The molecule has 0 radical (unpaired) electrons. The topological polar surface area (TPSA) is 52.6 Å². The molecule has 0 aromatic heterocycles. The smallest absolute Gasteiger partial charge is 0.311 e. The molecule has 0 saturated carbocycles. The summed E-state index contributed by atoms with van der Waals surface area (Å²) < 4.78 is 12.0. The first-order chi connectivity index (χ1) is 15.7. The van der Waals surface area contributed by atoms with Gasteiger partial charge < -0.3 is 14.0 Å². The van der Waals surface area contributed by atoms with Gasteiger partial charge in [0.05, 0.1) is 66.1 Å². The third-order valence-electron chi connectivity index (χ3n) is 6.83. The maximum atomic E-state index is 12.6. The zero-order valence-corrected chi connectivity index (χ0v) is 25.3. The van der Waals surface area contributed by atoms with Crippen LogP contribution in [0.1, 0.15) is 114 Å². The van der Waals surface area contributed by atoms with E-state index in [1.54, 1.807) is 0 Å². The second kappa shape index (κ2) is 13.9. The van der Waals surface area contributed by atoms with E-state index in [9.17, 15) is 9.59 Å². The highest BCUT2D eigenvalue weighted by atomic mass is 16.5. The lowest BCUT2D eigenvalue weighted by Crippen LogP contribution is -2.47. The van der Waals surface area contributed by atoms with Crippen LogP contribution in [-0.4, -0.2) is 56.3 Å². The molecule has 0 heterocycles. The SMILES string of the molecule is [CH2+]CCC[N+](C)(CCC(=O)OCC(C)(C)CC(C)(C)C)CCC(=O)OCC(C)(C)CC(C)(C)CC. The summed E-state index contributed by atoms with van der Waals surface area (Å²) in [6.45, 7) is 29.0. The van der Waals surface area contributed by atoms with Gasteiger partial charge in [0.1, 0.15) is 0 Å². The molecule has 0 aliphatic rings. The van der Waals surface area contributed by atoms with E-state index in [2.05, 4.69) is 83.2 Å². The Morgan fingerprint density at radius 3 is 1.51 bits per heavy atom. The molecule has 0 N–H and O–H groups in total. The van der Waals surface area contributed by atoms with Crippen molar-refractivity contribution in [3.63, 3.8) is 0 Å². The number of hydrogen-bond donors (Lipinski definition) is 0. The molecular formula is C30H59NO4+2. The van der Waals surface area contributed by atoms with Crippen LogP contribution in [0.5, 0.6) is 0 Å². The van der Waals surface area contributed by atoms with Gasteiger partial charge in [-0.15, -0.1) is 0 Å². The highest BCUT2D eigenvalue weighted by molar-refractivity contribution is 5.70. The van der Waals surface area contributed by atoms with Crippen molar-refractivity contribution in [3.05, 3.63) is 6.92 Å². The van der Waals surface area contributed by atoms with Crippen molar-refractivity contribution >= 4 is 11.9 Å². The highest BCUT2D eigenvalue weighted by Gasteiger charge is 2.31. The number of unbranched alkanes of at least 4 members (excludes halogenated alkanes) is 1. The van der Waals surface area contributed by atoms with Gasteiger partial charge >= 0.3 is 11.9 Å². The Kier molecular flexibility index (Phi) is 13.4. The van der Waals surface area contributed by atoms with Crippen molar-refractivity contribution in [2.45, 2.75) is 114 Å². The van der Waals surface area contributed by atoms with Gasteiger partial charge in [0, 0.05) is 6.42 Å². The molecule has 5 nitrogen and oxygen atoms in total. The van der Waals surface area contributed by atoms with Crippen LogP contribution < -0.4 is 0 Å². The second-order valence-corrected chi connectivity index (χ2v) is 14.6. The first kappa shape index (κ1) is 33.8. The monoisotopic (exact) mass is 497 g/mol. The number of carbonyl (C=O) groups is 2. The van der Waals surface area contributed by atoms with Crippen molar-refractivity contribution in [2.75, 3.05) is 39.9 Å². The Hall–Kier alpha value is -1.23. The Balaban J connectivity index is 4.76. The van der Waals surface area contributed by atoms with Gasteiger partial charge in [0.15, 0.2) is 0 Å². The molecular weight excluding hydrogens is 438 g/mol. The summed E-state index contributed by atoms with van der Waals surface area (Å²) in [4.78, 5) is 25.1. The third-order valence-corrected chi connectivity index (χ3v) is 6.83. The second-order valence-electron chi connectivity index (χ2n) is 14.6. The number of ether oxygens (including phenoxy) is 2. The molecule has 0 bridgehead atoms. The molecule has 0 spiro atoms. The van der Waals surface area contributed by atoms with Crippen LogP contribution in [0.2, 0.25) is 0 Å². The largest absolute Gasteiger partial charge is 0.465 e. The summed E-state index contributed by atoms with van der Waals surface area (Å²) >= 11 is 0. The maximum absolute atomic E-state index is 12.6.